The summed E-state index contributed by atoms with van der Waals surface area (Å²) in [6.45, 7) is 11.2. The second kappa shape index (κ2) is 10.9. The maximum atomic E-state index is 9.54. The molecule has 6 rings (SSSR count). The summed E-state index contributed by atoms with van der Waals surface area (Å²) in [4.78, 5) is 9.65. The lowest BCUT2D eigenvalue weighted by molar-refractivity contribution is 0.0935. The number of hydrogen-bond donors (Lipinski definition) is 1. The number of rotatable bonds is 9. The first-order chi connectivity index (χ1) is 19.5. The third-order valence-electron chi connectivity index (χ3n) is 8.54. The van der Waals surface area contributed by atoms with Crippen LogP contribution in [0.25, 0.3) is 5.65 Å². The van der Waals surface area contributed by atoms with Crippen LogP contribution in [0.1, 0.15) is 37.3 Å². The van der Waals surface area contributed by atoms with E-state index in [9.17, 15) is 5.26 Å². The fourth-order valence-electron chi connectivity index (χ4n) is 5.89. The molecule has 10 nitrogen and oxygen atoms in total. The van der Waals surface area contributed by atoms with Crippen molar-refractivity contribution < 1.29 is 4.74 Å². The molecule has 1 unspecified atom stereocenters. The second-order valence-electron chi connectivity index (χ2n) is 11.1. The number of aromatic nitrogens is 3. The molecular weight excluding hydrogens is 502 g/mol. The Morgan fingerprint density at radius 3 is 3.00 bits per heavy atom. The van der Waals surface area contributed by atoms with Crippen molar-refractivity contribution in [3.63, 3.8) is 0 Å². The molecule has 2 aromatic heterocycles. The van der Waals surface area contributed by atoms with Gasteiger partial charge in [-0.05, 0) is 60.2 Å². The van der Waals surface area contributed by atoms with Crippen molar-refractivity contribution in [1.82, 2.24) is 24.5 Å². The second-order valence-corrected chi connectivity index (χ2v) is 11.1. The Labute approximate surface area is 235 Å². The molecule has 40 heavy (non-hydrogen) atoms. The maximum absolute atomic E-state index is 9.54. The summed E-state index contributed by atoms with van der Waals surface area (Å²) in [5.74, 6) is 0.566. The first-order valence-corrected chi connectivity index (χ1v) is 14.1. The van der Waals surface area contributed by atoms with Crippen LogP contribution in [0.5, 0.6) is 0 Å². The number of nitrogens with one attached hydrogen (secondary N) is 1. The number of benzene rings is 1. The molecule has 0 radical (unpaired) electrons. The van der Waals surface area contributed by atoms with Gasteiger partial charge in [-0.1, -0.05) is 19.6 Å². The number of likely N-dealkylation sites (N-methyl/N-ethyl adjacent to an activating group) is 1. The van der Waals surface area contributed by atoms with Crippen LogP contribution in [0.3, 0.4) is 0 Å². The average molecular weight is 540 g/mol. The minimum absolute atomic E-state index is 0.350. The molecule has 3 aromatic rings. The van der Waals surface area contributed by atoms with E-state index in [4.69, 9.17) is 14.8 Å². The van der Waals surface area contributed by atoms with Crippen LogP contribution in [-0.4, -0.2) is 82.2 Å². The van der Waals surface area contributed by atoms with Gasteiger partial charge in [-0.15, -0.1) is 5.10 Å². The molecule has 1 atom stereocenters. The highest BCUT2D eigenvalue weighted by atomic mass is 16.5. The van der Waals surface area contributed by atoms with Crippen molar-refractivity contribution in [3.8, 4) is 6.07 Å². The Bertz CT molecular complexity index is 1460. The van der Waals surface area contributed by atoms with Gasteiger partial charge in [0.15, 0.2) is 5.65 Å². The van der Waals surface area contributed by atoms with Crippen molar-refractivity contribution in [3.05, 3.63) is 59.8 Å². The van der Waals surface area contributed by atoms with E-state index in [-0.39, 0.29) is 5.54 Å². The van der Waals surface area contributed by atoms with Gasteiger partial charge in [0.2, 0.25) is 5.95 Å². The smallest absolute Gasteiger partial charge is 0.247 e. The maximum Gasteiger partial charge on any atom is 0.247 e. The number of anilines is 3. The molecule has 5 heterocycles. The SMILES string of the molecule is C=C(/C=N\N(C)C1(CC#N)CN(c2cccn3nc(Nc4ccc5c(c4)CCN(C4CCOC4)C5)nc23)C1)CC. The van der Waals surface area contributed by atoms with Gasteiger partial charge >= 0.3 is 0 Å². The highest BCUT2D eigenvalue weighted by molar-refractivity contribution is 5.77. The van der Waals surface area contributed by atoms with Crippen LogP contribution in [-0.2, 0) is 17.7 Å². The molecule has 2 fully saturated rings. The quantitative estimate of drug-likeness (QED) is 0.322. The van der Waals surface area contributed by atoms with Crippen LogP contribution in [0.4, 0.5) is 17.3 Å². The highest BCUT2D eigenvalue weighted by Gasteiger charge is 2.47. The average Bonchev–Trinajstić information content (AvgIpc) is 3.63. The Morgan fingerprint density at radius 2 is 2.23 bits per heavy atom. The van der Waals surface area contributed by atoms with E-state index in [1.807, 2.05) is 28.8 Å². The van der Waals surface area contributed by atoms with Crippen LogP contribution >= 0.6 is 0 Å². The fourth-order valence-corrected chi connectivity index (χ4v) is 5.89. The molecule has 0 bridgehead atoms. The Hall–Kier alpha value is -3.94. The molecule has 2 saturated heterocycles. The number of hydrogen-bond acceptors (Lipinski definition) is 9. The first-order valence-electron chi connectivity index (χ1n) is 14.1. The van der Waals surface area contributed by atoms with Crippen molar-refractivity contribution in [1.29, 1.82) is 5.26 Å². The third kappa shape index (κ3) is 5.03. The highest BCUT2D eigenvalue weighted by Crippen LogP contribution is 2.36. The molecular formula is C30H37N9O. The van der Waals surface area contributed by atoms with E-state index >= 15 is 0 Å². The lowest BCUT2D eigenvalue weighted by atomic mass is 9.86. The van der Waals surface area contributed by atoms with Crippen molar-refractivity contribution in [2.24, 2.45) is 5.10 Å². The van der Waals surface area contributed by atoms with Gasteiger partial charge in [-0.3, -0.25) is 9.91 Å². The summed E-state index contributed by atoms with van der Waals surface area (Å²) >= 11 is 0. The topological polar surface area (TPSA) is 97.3 Å². The number of pyridine rings is 1. The molecule has 1 aromatic carbocycles. The number of allylic oxidation sites excluding steroid dienone is 1. The predicted molar refractivity (Wildman–Crippen MR) is 157 cm³/mol. The van der Waals surface area contributed by atoms with E-state index in [1.54, 1.807) is 6.21 Å². The standard InChI is InChI=1S/C30H37N9O/c1-4-22(2)17-32-36(3)30(11-12-31)20-38(21-30)27-6-5-13-39-28(27)34-29(35-39)33-25-8-7-24-18-37(14-9-23(24)16-25)26-10-15-40-19-26/h5-8,13,16-17,26H,2,4,9-11,14-15,18-21H2,1,3H3,(H,33,35)/b32-17-. The van der Waals surface area contributed by atoms with Gasteiger partial charge in [-0.2, -0.15) is 15.3 Å². The largest absolute Gasteiger partial charge is 0.380 e. The zero-order valence-corrected chi connectivity index (χ0v) is 23.4. The summed E-state index contributed by atoms with van der Waals surface area (Å²) in [5.41, 5.74) is 6.16. The zero-order chi connectivity index (χ0) is 27.7. The molecule has 0 aliphatic carbocycles. The Morgan fingerprint density at radius 1 is 1.35 bits per heavy atom. The monoisotopic (exact) mass is 539 g/mol. The van der Waals surface area contributed by atoms with E-state index < -0.39 is 0 Å². The van der Waals surface area contributed by atoms with Crippen molar-refractivity contribution in [2.75, 3.05) is 50.1 Å². The lowest BCUT2D eigenvalue weighted by Gasteiger charge is -2.53. The zero-order valence-electron chi connectivity index (χ0n) is 23.4. The number of hydrazone groups is 1. The van der Waals surface area contributed by atoms with E-state index in [0.717, 1.165) is 68.2 Å². The van der Waals surface area contributed by atoms with Crippen molar-refractivity contribution in [2.45, 2.75) is 50.7 Å². The van der Waals surface area contributed by atoms with E-state index in [0.29, 0.717) is 31.5 Å². The Kier molecular flexibility index (Phi) is 7.17. The minimum atomic E-state index is -0.350. The van der Waals surface area contributed by atoms with Crippen LogP contribution in [0, 0.1) is 11.3 Å². The van der Waals surface area contributed by atoms with Gasteiger partial charge in [0, 0.05) is 64.0 Å². The van der Waals surface area contributed by atoms with Crippen molar-refractivity contribution >= 4 is 29.2 Å². The summed E-state index contributed by atoms with van der Waals surface area (Å²) < 4.78 is 7.42. The Balaban J connectivity index is 1.16. The molecule has 3 aliphatic rings. The van der Waals surface area contributed by atoms with E-state index in [1.165, 1.54) is 11.1 Å². The number of ether oxygens (including phenoxy) is 1. The predicted octanol–water partition coefficient (Wildman–Crippen LogP) is 3.98. The summed E-state index contributed by atoms with van der Waals surface area (Å²) in [7, 11) is 1.94. The van der Waals surface area contributed by atoms with E-state index in [2.05, 4.69) is 64.1 Å². The summed E-state index contributed by atoms with van der Waals surface area (Å²) in [6.07, 6.45) is 7.12. The fraction of sp³-hybridized carbons (Fsp3) is 0.467. The van der Waals surface area contributed by atoms with Gasteiger partial charge in [-0.25, -0.2) is 4.52 Å². The molecule has 1 N–H and O–H groups in total. The van der Waals surface area contributed by atoms with Gasteiger partial charge in [0.05, 0.1) is 24.8 Å². The molecule has 0 spiro atoms. The normalized spacial score (nSPS) is 20.3. The van der Waals surface area contributed by atoms with Crippen LogP contribution in [0.2, 0.25) is 0 Å². The molecule has 208 valence electrons. The first kappa shape index (κ1) is 26.3. The number of nitriles is 1. The minimum Gasteiger partial charge on any atom is -0.380 e. The molecule has 3 aliphatic heterocycles. The number of nitrogens with zero attached hydrogens (tertiary/aromatic N) is 8. The molecule has 10 heteroatoms. The van der Waals surface area contributed by atoms with Crippen LogP contribution < -0.4 is 10.2 Å². The summed E-state index contributed by atoms with van der Waals surface area (Å²) in [6, 6.07) is 13.5. The molecule has 0 saturated carbocycles. The van der Waals surface area contributed by atoms with Crippen LogP contribution in [0.15, 0.2) is 53.8 Å². The van der Waals surface area contributed by atoms with Gasteiger partial charge in [0.1, 0.15) is 5.54 Å². The molecule has 0 amide bonds. The van der Waals surface area contributed by atoms with Gasteiger partial charge < -0.3 is 15.0 Å². The number of fused-ring (bicyclic) bond motifs is 2. The third-order valence-corrected chi connectivity index (χ3v) is 8.54. The van der Waals surface area contributed by atoms with Gasteiger partial charge in [0.25, 0.3) is 0 Å². The lowest BCUT2D eigenvalue weighted by Crippen LogP contribution is -2.68. The summed E-state index contributed by atoms with van der Waals surface area (Å²) in [5, 5.41) is 24.2.